The normalized spacial score (nSPS) is 11.4. The highest BCUT2D eigenvalue weighted by molar-refractivity contribution is 6.08. The molecular weight excluding hydrogens is 194 g/mol. The first kappa shape index (κ1) is 9.46. The van der Waals surface area contributed by atoms with Crippen LogP contribution in [0.4, 0.5) is 0 Å². The second-order valence-corrected chi connectivity index (χ2v) is 4.60. The van der Waals surface area contributed by atoms with E-state index in [0.29, 0.717) is 0 Å². The molecule has 0 saturated carbocycles. The quantitative estimate of drug-likeness (QED) is 0.528. The molecule has 16 heavy (non-hydrogen) atoms. The third-order valence-electron chi connectivity index (χ3n) is 3.32. The maximum Gasteiger partial charge on any atom is 0.0491 e. The van der Waals surface area contributed by atoms with Crippen LogP contribution in [0.1, 0.15) is 11.1 Å². The van der Waals surface area contributed by atoms with Gasteiger partial charge in [0.05, 0.1) is 0 Å². The number of rotatable bonds is 0. The van der Waals surface area contributed by atoms with Crippen molar-refractivity contribution in [2.45, 2.75) is 13.8 Å². The number of benzene rings is 2. The molecule has 0 aliphatic rings. The molecule has 1 heterocycles. The van der Waals surface area contributed by atoms with Gasteiger partial charge in [-0.1, -0.05) is 23.8 Å². The monoisotopic (exact) mass is 209 g/mol. The van der Waals surface area contributed by atoms with Crippen molar-refractivity contribution in [3.63, 3.8) is 0 Å². The summed E-state index contributed by atoms with van der Waals surface area (Å²) in [5.74, 6) is 0. The van der Waals surface area contributed by atoms with Gasteiger partial charge in [0.1, 0.15) is 0 Å². The number of hydrogen-bond acceptors (Lipinski definition) is 0. The van der Waals surface area contributed by atoms with Crippen molar-refractivity contribution in [2.75, 3.05) is 0 Å². The Morgan fingerprint density at radius 2 is 1.44 bits per heavy atom. The van der Waals surface area contributed by atoms with Gasteiger partial charge in [-0.2, -0.15) is 0 Å². The van der Waals surface area contributed by atoms with Gasteiger partial charge in [-0.05, 0) is 37.6 Å². The molecule has 1 heteroatoms. The zero-order valence-electron chi connectivity index (χ0n) is 9.91. The van der Waals surface area contributed by atoms with Crippen LogP contribution in [0.5, 0.6) is 0 Å². The number of hydrogen-bond donors (Lipinski definition) is 0. The van der Waals surface area contributed by atoms with E-state index < -0.39 is 0 Å². The zero-order chi connectivity index (χ0) is 11.3. The van der Waals surface area contributed by atoms with Crippen LogP contribution < -0.4 is 0 Å². The standard InChI is InChI=1S/C15H15N/c1-10-5-7-14-13(8-10)12-6-4-11(2)9-15(12)16(14)3/h4-9H,1-3H3. The average molecular weight is 209 g/mol. The second kappa shape index (κ2) is 3.11. The van der Waals surface area contributed by atoms with Crippen LogP contribution in [0.15, 0.2) is 36.4 Å². The number of nitrogens with zero attached hydrogens (tertiary/aromatic N) is 1. The van der Waals surface area contributed by atoms with Gasteiger partial charge in [0.2, 0.25) is 0 Å². The molecule has 0 atom stereocenters. The van der Waals surface area contributed by atoms with Crippen molar-refractivity contribution in [1.29, 1.82) is 0 Å². The molecule has 0 bridgehead atoms. The summed E-state index contributed by atoms with van der Waals surface area (Å²) in [6, 6.07) is 13.3. The van der Waals surface area contributed by atoms with E-state index in [1.54, 1.807) is 0 Å². The third-order valence-corrected chi connectivity index (χ3v) is 3.32. The van der Waals surface area contributed by atoms with Crippen LogP contribution in [0, 0.1) is 13.8 Å². The fraction of sp³-hybridized carbons (Fsp3) is 0.200. The topological polar surface area (TPSA) is 4.93 Å². The van der Waals surface area contributed by atoms with E-state index in [1.807, 2.05) is 0 Å². The first-order chi connectivity index (χ1) is 7.66. The lowest BCUT2D eigenvalue weighted by Gasteiger charge is -1.98. The van der Waals surface area contributed by atoms with Crippen molar-refractivity contribution < 1.29 is 0 Å². The maximum atomic E-state index is 2.27. The van der Waals surface area contributed by atoms with Crippen LogP contribution in [-0.4, -0.2) is 4.57 Å². The van der Waals surface area contributed by atoms with E-state index in [0.717, 1.165) is 0 Å². The molecule has 0 unspecified atom stereocenters. The Hall–Kier alpha value is -1.76. The molecule has 1 nitrogen and oxygen atoms in total. The number of aryl methyl sites for hydroxylation is 3. The average Bonchev–Trinajstić information content (AvgIpc) is 2.52. The highest BCUT2D eigenvalue weighted by Crippen LogP contribution is 2.29. The van der Waals surface area contributed by atoms with Crippen LogP contribution in [-0.2, 0) is 7.05 Å². The van der Waals surface area contributed by atoms with Crippen LogP contribution in [0.3, 0.4) is 0 Å². The Morgan fingerprint density at radius 3 is 2.25 bits per heavy atom. The van der Waals surface area contributed by atoms with Gasteiger partial charge < -0.3 is 4.57 Å². The van der Waals surface area contributed by atoms with Crippen molar-refractivity contribution in [3.05, 3.63) is 47.5 Å². The van der Waals surface area contributed by atoms with Crippen molar-refractivity contribution in [1.82, 2.24) is 4.57 Å². The van der Waals surface area contributed by atoms with Crippen LogP contribution >= 0.6 is 0 Å². The highest BCUT2D eigenvalue weighted by atomic mass is 14.9. The fourth-order valence-corrected chi connectivity index (χ4v) is 2.43. The van der Waals surface area contributed by atoms with E-state index in [1.165, 1.54) is 32.9 Å². The first-order valence-electron chi connectivity index (χ1n) is 5.62. The van der Waals surface area contributed by atoms with Gasteiger partial charge in [-0.3, -0.25) is 0 Å². The number of fused-ring (bicyclic) bond motifs is 3. The van der Waals surface area contributed by atoms with Gasteiger partial charge in [-0.25, -0.2) is 0 Å². The van der Waals surface area contributed by atoms with E-state index >= 15 is 0 Å². The first-order valence-corrected chi connectivity index (χ1v) is 5.62. The molecule has 0 aliphatic carbocycles. The Balaban J connectivity index is 2.59. The minimum atomic E-state index is 1.31. The SMILES string of the molecule is Cc1ccc2c(c1)c1ccc(C)cc1n2C. The summed E-state index contributed by atoms with van der Waals surface area (Å²) in [5, 5.41) is 2.71. The smallest absolute Gasteiger partial charge is 0.0491 e. The van der Waals surface area contributed by atoms with Crippen molar-refractivity contribution >= 4 is 21.8 Å². The summed E-state index contributed by atoms with van der Waals surface area (Å²) >= 11 is 0. The molecule has 2 aromatic carbocycles. The Bertz CT molecular complexity index is 689. The molecule has 0 aliphatic heterocycles. The van der Waals surface area contributed by atoms with E-state index in [-0.39, 0.29) is 0 Å². The fourth-order valence-electron chi connectivity index (χ4n) is 2.43. The second-order valence-electron chi connectivity index (χ2n) is 4.60. The van der Waals surface area contributed by atoms with Gasteiger partial charge in [0, 0.05) is 28.9 Å². The predicted octanol–water partition coefficient (Wildman–Crippen LogP) is 3.95. The molecular formula is C15H15N. The molecule has 0 radical (unpaired) electrons. The lowest BCUT2D eigenvalue weighted by Crippen LogP contribution is -1.86. The lowest BCUT2D eigenvalue weighted by atomic mass is 10.1. The Morgan fingerprint density at radius 1 is 0.750 bits per heavy atom. The zero-order valence-corrected chi connectivity index (χ0v) is 9.91. The summed E-state index contributed by atoms with van der Waals surface area (Å²) < 4.78 is 2.27. The molecule has 3 aromatic rings. The van der Waals surface area contributed by atoms with Gasteiger partial charge in [-0.15, -0.1) is 0 Å². The molecule has 3 rings (SSSR count). The van der Waals surface area contributed by atoms with Gasteiger partial charge in [0.15, 0.2) is 0 Å². The van der Waals surface area contributed by atoms with Crippen LogP contribution in [0.25, 0.3) is 21.8 Å². The molecule has 0 fully saturated rings. The summed E-state index contributed by atoms with van der Waals surface area (Å²) in [5.41, 5.74) is 5.27. The molecule has 0 saturated heterocycles. The minimum Gasteiger partial charge on any atom is -0.344 e. The van der Waals surface area contributed by atoms with Crippen molar-refractivity contribution in [3.8, 4) is 0 Å². The summed E-state index contributed by atoms with van der Waals surface area (Å²) in [7, 11) is 2.14. The summed E-state index contributed by atoms with van der Waals surface area (Å²) in [6.07, 6.45) is 0. The van der Waals surface area contributed by atoms with E-state index in [9.17, 15) is 0 Å². The van der Waals surface area contributed by atoms with Gasteiger partial charge in [0.25, 0.3) is 0 Å². The van der Waals surface area contributed by atoms with Crippen LogP contribution in [0.2, 0.25) is 0 Å². The third kappa shape index (κ3) is 1.18. The van der Waals surface area contributed by atoms with Crippen molar-refractivity contribution in [2.24, 2.45) is 7.05 Å². The Labute approximate surface area is 95.3 Å². The van der Waals surface area contributed by atoms with E-state index in [4.69, 9.17) is 0 Å². The molecule has 0 spiro atoms. The minimum absolute atomic E-state index is 1.31. The molecule has 80 valence electrons. The number of aromatic nitrogens is 1. The molecule has 1 aromatic heterocycles. The lowest BCUT2D eigenvalue weighted by molar-refractivity contribution is 1.01. The van der Waals surface area contributed by atoms with E-state index in [2.05, 4.69) is 61.9 Å². The largest absolute Gasteiger partial charge is 0.344 e. The molecule has 0 N–H and O–H groups in total. The van der Waals surface area contributed by atoms with Gasteiger partial charge >= 0.3 is 0 Å². The summed E-state index contributed by atoms with van der Waals surface area (Å²) in [6.45, 7) is 4.29. The maximum absolute atomic E-state index is 2.27. The highest BCUT2D eigenvalue weighted by Gasteiger charge is 2.07. The Kier molecular flexibility index (Phi) is 1.84. The summed E-state index contributed by atoms with van der Waals surface area (Å²) in [4.78, 5) is 0. The molecule has 0 amide bonds. The predicted molar refractivity (Wildman–Crippen MR) is 69.9 cm³/mol.